The zero-order chi connectivity index (χ0) is 13.8. The maximum absolute atomic E-state index is 12.1. The number of rotatable bonds is 3. The molecule has 0 aliphatic rings. The number of thiophene rings is 1. The fraction of sp³-hybridized carbons (Fsp3) is 0.125. The van der Waals surface area contributed by atoms with E-state index in [1.165, 1.54) is 16.9 Å². The molecule has 0 aliphatic heterocycles. The quantitative estimate of drug-likeness (QED) is 0.476. The average Bonchev–Trinajstić information content (AvgIpc) is 2.93. The molecule has 94 valence electrons. The summed E-state index contributed by atoms with van der Waals surface area (Å²) >= 11 is 1.45. The van der Waals surface area contributed by atoms with E-state index in [4.69, 9.17) is 5.26 Å². The van der Waals surface area contributed by atoms with Crippen LogP contribution in [0, 0.1) is 25.2 Å². The van der Waals surface area contributed by atoms with Crippen molar-refractivity contribution in [2.45, 2.75) is 13.8 Å². The summed E-state index contributed by atoms with van der Waals surface area (Å²) in [5.74, 6) is -0.220. The number of Topliss-reactive ketones (excluding diaryl/α,β-unsaturated/α-hetero) is 1. The molecule has 0 bridgehead atoms. The van der Waals surface area contributed by atoms with E-state index in [0.29, 0.717) is 5.56 Å². The molecule has 2 nitrogen and oxygen atoms in total. The molecule has 2 aromatic rings. The van der Waals surface area contributed by atoms with Crippen LogP contribution in [0.1, 0.15) is 27.0 Å². The zero-order valence-electron chi connectivity index (χ0n) is 10.8. The number of aryl methyl sites for hydroxylation is 2. The highest BCUT2D eigenvalue weighted by Crippen LogP contribution is 2.17. The number of ketones is 1. The van der Waals surface area contributed by atoms with Gasteiger partial charge >= 0.3 is 0 Å². The molecular formula is C16H13NOS. The Hall–Kier alpha value is -2.18. The molecule has 0 spiro atoms. The molecule has 0 aliphatic carbocycles. The first-order valence-corrected chi connectivity index (χ1v) is 6.82. The topological polar surface area (TPSA) is 40.9 Å². The minimum Gasteiger partial charge on any atom is -0.288 e. The molecule has 0 unspecified atom stereocenters. The monoisotopic (exact) mass is 267 g/mol. The fourth-order valence-electron chi connectivity index (χ4n) is 1.72. The van der Waals surface area contributed by atoms with Gasteiger partial charge in [-0.15, -0.1) is 0 Å². The molecule has 0 radical (unpaired) electrons. The van der Waals surface area contributed by atoms with E-state index in [1.54, 1.807) is 17.5 Å². The summed E-state index contributed by atoms with van der Waals surface area (Å²) in [5.41, 5.74) is 3.96. The molecule has 0 atom stereocenters. The van der Waals surface area contributed by atoms with Gasteiger partial charge in [0.2, 0.25) is 5.78 Å². The largest absolute Gasteiger partial charge is 0.288 e. The number of nitriles is 1. The molecule has 0 saturated carbocycles. The zero-order valence-corrected chi connectivity index (χ0v) is 11.6. The van der Waals surface area contributed by atoms with Crippen molar-refractivity contribution in [1.29, 1.82) is 5.26 Å². The first-order valence-electron chi connectivity index (χ1n) is 5.88. The van der Waals surface area contributed by atoms with Crippen LogP contribution in [-0.2, 0) is 0 Å². The van der Waals surface area contributed by atoms with Crippen LogP contribution in [0.2, 0.25) is 0 Å². The lowest BCUT2D eigenvalue weighted by atomic mass is 10.0. The second-order valence-corrected chi connectivity index (χ2v) is 5.13. The molecule has 1 heterocycles. The van der Waals surface area contributed by atoms with E-state index < -0.39 is 0 Å². The third kappa shape index (κ3) is 2.98. The van der Waals surface area contributed by atoms with E-state index in [2.05, 4.69) is 0 Å². The van der Waals surface area contributed by atoms with Crippen LogP contribution in [0.15, 0.2) is 40.6 Å². The summed E-state index contributed by atoms with van der Waals surface area (Å²) in [7, 11) is 0. The summed E-state index contributed by atoms with van der Waals surface area (Å²) in [6, 6.07) is 9.61. The van der Waals surface area contributed by atoms with Crippen LogP contribution in [0.4, 0.5) is 0 Å². The van der Waals surface area contributed by atoms with Crippen molar-refractivity contribution in [2.75, 3.05) is 0 Å². The standard InChI is InChI=1S/C16H13NOS/c1-11-3-4-13(7-12(11)2)8-15(9-17)16(18)14-5-6-19-10-14/h3-8,10H,1-2H3/b15-8-. The lowest BCUT2D eigenvalue weighted by molar-refractivity contribution is 0.104. The predicted molar refractivity (Wildman–Crippen MR) is 78.2 cm³/mol. The van der Waals surface area contributed by atoms with E-state index in [-0.39, 0.29) is 11.4 Å². The van der Waals surface area contributed by atoms with Gasteiger partial charge in [-0.3, -0.25) is 4.79 Å². The van der Waals surface area contributed by atoms with Crippen LogP contribution in [0.5, 0.6) is 0 Å². The van der Waals surface area contributed by atoms with Crippen molar-refractivity contribution >= 4 is 23.2 Å². The number of nitrogens with zero attached hydrogens (tertiary/aromatic N) is 1. The van der Waals surface area contributed by atoms with E-state index >= 15 is 0 Å². The Morgan fingerprint density at radius 3 is 2.63 bits per heavy atom. The SMILES string of the molecule is Cc1ccc(/C=C(/C#N)C(=O)c2ccsc2)cc1C. The normalized spacial score (nSPS) is 11.1. The summed E-state index contributed by atoms with van der Waals surface area (Å²) < 4.78 is 0. The number of hydrogen-bond acceptors (Lipinski definition) is 3. The summed E-state index contributed by atoms with van der Waals surface area (Å²) in [6.07, 6.45) is 1.65. The van der Waals surface area contributed by atoms with Gasteiger partial charge in [0.25, 0.3) is 0 Å². The predicted octanol–water partition coefficient (Wildman–Crippen LogP) is 4.15. The molecule has 0 fully saturated rings. The third-order valence-electron chi connectivity index (χ3n) is 2.99. The molecule has 0 amide bonds. The molecule has 2 rings (SSSR count). The third-order valence-corrected chi connectivity index (χ3v) is 3.67. The van der Waals surface area contributed by atoms with Gasteiger partial charge in [-0.1, -0.05) is 18.2 Å². The van der Waals surface area contributed by atoms with Crippen molar-refractivity contribution in [3.63, 3.8) is 0 Å². The first-order chi connectivity index (χ1) is 9.11. The smallest absolute Gasteiger partial charge is 0.204 e. The lowest BCUT2D eigenvalue weighted by Gasteiger charge is -2.02. The Kier molecular flexibility index (Phi) is 3.94. The van der Waals surface area contributed by atoms with Gasteiger partial charge in [-0.05, 0) is 48.1 Å². The van der Waals surface area contributed by atoms with Gasteiger partial charge in [-0.25, -0.2) is 0 Å². The minimum atomic E-state index is -0.220. The molecule has 1 aromatic carbocycles. The highest BCUT2D eigenvalue weighted by Gasteiger charge is 2.12. The van der Waals surface area contributed by atoms with Crippen molar-refractivity contribution in [1.82, 2.24) is 0 Å². The second-order valence-electron chi connectivity index (χ2n) is 4.35. The van der Waals surface area contributed by atoms with E-state index in [0.717, 1.165) is 11.1 Å². The Morgan fingerprint density at radius 2 is 2.05 bits per heavy atom. The lowest BCUT2D eigenvalue weighted by Crippen LogP contribution is -2.00. The molecule has 0 saturated heterocycles. The highest BCUT2D eigenvalue weighted by molar-refractivity contribution is 7.08. The van der Waals surface area contributed by atoms with Crippen LogP contribution in [0.25, 0.3) is 6.08 Å². The van der Waals surface area contributed by atoms with E-state index in [1.807, 2.05) is 43.5 Å². The number of carbonyl (C=O) groups excluding carboxylic acids is 1. The number of benzene rings is 1. The maximum Gasteiger partial charge on any atom is 0.204 e. The number of allylic oxidation sites excluding steroid dienone is 1. The average molecular weight is 267 g/mol. The summed E-state index contributed by atoms with van der Waals surface area (Å²) in [6.45, 7) is 4.05. The Balaban J connectivity index is 2.37. The van der Waals surface area contributed by atoms with Crippen molar-refractivity contribution < 1.29 is 4.79 Å². The van der Waals surface area contributed by atoms with E-state index in [9.17, 15) is 4.79 Å². The van der Waals surface area contributed by atoms with Gasteiger partial charge in [0.05, 0.1) is 0 Å². The van der Waals surface area contributed by atoms with Gasteiger partial charge in [0.1, 0.15) is 11.6 Å². The number of carbonyl (C=O) groups is 1. The fourth-order valence-corrected chi connectivity index (χ4v) is 2.35. The van der Waals surface area contributed by atoms with Crippen LogP contribution in [0.3, 0.4) is 0 Å². The van der Waals surface area contributed by atoms with Gasteiger partial charge in [0, 0.05) is 10.9 Å². The highest BCUT2D eigenvalue weighted by atomic mass is 32.1. The summed E-state index contributed by atoms with van der Waals surface area (Å²) in [5, 5.41) is 12.7. The Labute approximate surface area is 116 Å². The second kappa shape index (κ2) is 5.64. The summed E-state index contributed by atoms with van der Waals surface area (Å²) in [4.78, 5) is 12.1. The van der Waals surface area contributed by atoms with Gasteiger partial charge in [0.15, 0.2) is 0 Å². The molecular weight excluding hydrogens is 254 g/mol. The van der Waals surface area contributed by atoms with Crippen LogP contribution < -0.4 is 0 Å². The van der Waals surface area contributed by atoms with Crippen LogP contribution in [-0.4, -0.2) is 5.78 Å². The molecule has 0 N–H and O–H groups in total. The van der Waals surface area contributed by atoms with Crippen LogP contribution >= 0.6 is 11.3 Å². The Bertz CT molecular complexity index is 675. The maximum atomic E-state index is 12.1. The Morgan fingerprint density at radius 1 is 1.26 bits per heavy atom. The molecule has 3 heteroatoms. The van der Waals surface area contributed by atoms with Crippen molar-refractivity contribution in [3.8, 4) is 6.07 Å². The van der Waals surface area contributed by atoms with Crippen molar-refractivity contribution in [2.24, 2.45) is 0 Å². The minimum absolute atomic E-state index is 0.168. The number of hydrogen-bond donors (Lipinski definition) is 0. The van der Waals surface area contributed by atoms with Crippen molar-refractivity contribution in [3.05, 3.63) is 62.9 Å². The van der Waals surface area contributed by atoms with Gasteiger partial charge < -0.3 is 0 Å². The van der Waals surface area contributed by atoms with Gasteiger partial charge in [-0.2, -0.15) is 16.6 Å². The molecule has 1 aromatic heterocycles. The molecule has 19 heavy (non-hydrogen) atoms. The first kappa shape index (κ1) is 13.3.